The van der Waals surface area contributed by atoms with Crippen molar-refractivity contribution >= 4 is 22.5 Å². The lowest BCUT2D eigenvalue weighted by Gasteiger charge is -2.58. The van der Waals surface area contributed by atoms with Crippen molar-refractivity contribution in [2.75, 3.05) is 0 Å². The molecule has 1 amide bonds. The van der Waals surface area contributed by atoms with Crippen LogP contribution in [-0.4, -0.2) is 27.8 Å². The Morgan fingerprint density at radius 1 is 1.14 bits per heavy atom. The lowest BCUT2D eigenvalue weighted by molar-refractivity contribution is -0.120. The lowest BCUT2D eigenvalue weighted by atomic mass is 9.47. The highest BCUT2D eigenvalue weighted by molar-refractivity contribution is 5.90. The quantitative estimate of drug-likeness (QED) is 0.275. The third kappa shape index (κ3) is 3.77. The Labute approximate surface area is 214 Å². The molecule has 192 valence electrons. The van der Waals surface area contributed by atoms with Crippen molar-refractivity contribution in [1.82, 2.24) is 10.4 Å². The summed E-state index contributed by atoms with van der Waals surface area (Å²) in [5.74, 6) is 2.58. The Morgan fingerprint density at radius 3 is 2.83 bits per heavy atom. The van der Waals surface area contributed by atoms with Gasteiger partial charge in [0.15, 0.2) is 0 Å². The molecule has 0 bridgehead atoms. The van der Waals surface area contributed by atoms with E-state index in [-0.39, 0.29) is 22.8 Å². The van der Waals surface area contributed by atoms with Crippen LogP contribution in [0.3, 0.4) is 0 Å². The molecule has 6 rings (SSSR count). The first-order valence-corrected chi connectivity index (χ1v) is 14.0. The summed E-state index contributed by atoms with van der Waals surface area (Å²) < 4.78 is 0. The van der Waals surface area contributed by atoms with Gasteiger partial charge < -0.3 is 10.1 Å². The number of fused-ring (bicyclic) bond motifs is 6. The van der Waals surface area contributed by atoms with Gasteiger partial charge in [-0.25, -0.2) is 5.43 Å². The highest BCUT2D eigenvalue weighted by Gasteiger charge is 2.59. The van der Waals surface area contributed by atoms with E-state index in [0.29, 0.717) is 12.3 Å². The molecule has 0 saturated heterocycles. The van der Waals surface area contributed by atoms with Crippen molar-refractivity contribution in [3.05, 3.63) is 47.7 Å². The minimum absolute atomic E-state index is 0.0557. The summed E-state index contributed by atoms with van der Waals surface area (Å²) in [5, 5.41) is 16.0. The van der Waals surface area contributed by atoms with Crippen LogP contribution in [0.15, 0.2) is 47.2 Å². The van der Waals surface area contributed by atoms with E-state index < -0.39 is 0 Å². The number of hydrogen-bond acceptors (Lipinski definition) is 3. The van der Waals surface area contributed by atoms with Crippen molar-refractivity contribution in [3.63, 3.8) is 0 Å². The maximum atomic E-state index is 12.8. The van der Waals surface area contributed by atoms with Crippen LogP contribution in [0.4, 0.5) is 0 Å². The number of aliphatic hydroxyl groups excluding tert-OH is 1. The van der Waals surface area contributed by atoms with Crippen molar-refractivity contribution in [1.29, 1.82) is 0 Å². The van der Waals surface area contributed by atoms with Crippen LogP contribution in [0.1, 0.15) is 77.7 Å². The first-order valence-electron chi connectivity index (χ1n) is 14.0. The molecule has 4 aliphatic carbocycles. The molecule has 1 aromatic carbocycles. The number of benzene rings is 1. The number of amides is 1. The molecular weight excluding hydrogens is 446 g/mol. The number of rotatable bonds is 4. The van der Waals surface area contributed by atoms with Crippen LogP contribution in [-0.2, 0) is 11.2 Å². The second-order valence-electron chi connectivity index (χ2n) is 12.7. The van der Waals surface area contributed by atoms with Crippen LogP contribution < -0.4 is 5.43 Å². The highest BCUT2D eigenvalue weighted by atomic mass is 16.3. The van der Waals surface area contributed by atoms with Gasteiger partial charge in [-0.1, -0.05) is 43.7 Å². The second-order valence-corrected chi connectivity index (χ2v) is 12.7. The largest absolute Gasteiger partial charge is 0.393 e. The van der Waals surface area contributed by atoms with Crippen molar-refractivity contribution in [2.45, 2.75) is 84.7 Å². The van der Waals surface area contributed by atoms with Crippen LogP contribution in [0.2, 0.25) is 0 Å². The van der Waals surface area contributed by atoms with Gasteiger partial charge in [-0.3, -0.25) is 4.79 Å². The SMILES string of the molecule is C/C(=N/NC(=O)Cc1c[nH]c2ccccc12)[C@H]1CC[C@H]2[C@@H]3CC=C4C[C@@H](O)CC[C@]4(C)[C@H]3CC[C@]12C. The van der Waals surface area contributed by atoms with E-state index in [2.05, 4.69) is 48.4 Å². The number of H-pyrrole nitrogens is 1. The average molecular weight is 488 g/mol. The number of carbonyl (C=O) groups is 1. The molecule has 2 aromatic rings. The van der Waals surface area contributed by atoms with E-state index in [9.17, 15) is 9.90 Å². The number of allylic oxidation sites excluding steroid dienone is 1. The van der Waals surface area contributed by atoms with E-state index >= 15 is 0 Å². The van der Waals surface area contributed by atoms with Crippen LogP contribution >= 0.6 is 0 Å². The van der Waals surface area contributed by atoms with Crippen molar-refractivity contribution in [2.24, 2.45) is 39.6 Å². The van der Waals surface area contributed by atoms with Gasteiger partial charge in [-0.15, -0.1) is 0 Å². The average Bonchev–Trinajstić information content (AvgIpc) is 3.44. The third-order valence-electron chi connectivity index (χ3n) is 11.0. The summed E-state index contributed by atoms with van der Waals surface area (Å²) in [5.41, 5.74) is 8.11. The first kappa shape index (κ1) is 24.0. The molecule has 0 unspecified atom stereocenters. The molecule has 5 nitrogen and oxygen atoms in total. The number of hydrazone groups is 1. The van der Waals surface area contributed by atoms with E-state index in [4.69, 9.17) is 0 Å². The Kier molecular flexibility index (Phi) is 5.90. The molecule has 1 heterocycles. The van der Waals surface area contributed by atoms with E-state index in [1.54, 1.807) is 0 Å². The molecule has 7 atom stereocenters. The molecule has 0 radical (unpaired) electrons. The van der Waals surface area contributed by atoms with Gasteiger partial charge in [0.25, 0.3) is 0 Å². The smallest absolute Gasteiger partial charge is 0.244 e. The zero-order chi connectivity index (χ0) is 25.1. The number of aromatic amines is 1. The number of aromatic nitrogens is 1. The molecule has 0 spiro atoms. The van der Waals surface area contributed by atoms with Crippen LogP contribution in [0.5, 0.6) is 0 Å². The van der Waals surface area contributed by atoms with E-state index in [1.807, 2.05) is 24.4 Å². The lowest BCUT2D eigenvalue weighted by Crippen LogP contribution is -2.51. The van der Waals surface area contributed by atoms with Gasteiger partial charge in [0, 0.05) is 28.7 Å². The predicted octanol–water partition coefficient (Wildman–Crippen LogP) is 6.14. The molecule has 0 aliphatic heterocycles. The number of nitrogens with one attached hydrogen (secondary N) is 2. The molecule has 3 fully saturated rings. The third-order valence-corrected chi connectivity index (χ3v) is 11.0. The first-order chi connectivity index (χ1) is 17.3. The van der Waals surface area contributed by atoms with Gasteiger partial charge >= 0.3 is 0 Å². The Hall–Kier alpha value is -2.40. The summed E-state index contributed by atoms with van der Waals surface area (Å²) in [4.78, 5) is 16.0. The van der Waals surface area contributed by atoms with Gasteiger partial charge in [0.2, 0.25) is 5.91 Å². The minimum atomic E-state index is -0.143. The van der Waals surface area contributed by atoms with Gasteiger partial charge in [0.05, 0.1) is 12.5 Å². The van der Waals surface area contributed by atoms with Gasteiger partial charge in [0.1, 0.15) is 0 Å². The van der Waals surface area contributed by atoms with Crippen LogP contribution in [0, 0.1) is 34.5 Å². The number of hydrogen-bond donors (Lipinski definition) is 3. The number of para-hydroxylation sites is 1. The minimum Gasteiger partial charge on any atom is -0.393 e. The fraction of sp³-hybridized carbons (Fsp3) is 0.613. The number of carbonyl (C=O) groups excluding carboxylic acids is 1. The Balaban J connectivity index is 1.15. The summed E-state index contributed by atoms with van der Waals surface area (Å²) in [7, 11) is 0. The van der Waals surface area contributed by atoms with Gasteiger partial charge in [-0.2, -0.15) is 5.10 Å². The normalized spacial score (nSPS) is 38.2. The van der Waals surface area contributed by atoms with Crippen molar-refractivity contribution < 1.29 is 9.90 Å². The fourth-order valence-electron chi connectivity index (χ4n) is 9.05. The topological polar surface area (TPSA) is 77.5 Å². The predicted molar refractivity (Wildman–Crippen MR) is 144 cm³/mol. The zero-order valence-electron chi connectivity index (χ0n) is 22.0. The second kappa shape index (κ2) is 8.86. The zero-order valence-corrected chi connectivity index (χ0v) is 22.0. The maximum Gasteiger partial charge on any atom is 0.244 e. The summed E-state index contributed by atoms with van der Waals surface area (Å²) in [6.07, 6.45) is 13.7. The molecule has 5 heteroatoms. The van der Waals surface area contributed by atoms with E-state index in [0.717, 1.165) is 59.2 Å². The molecule has 36 heavy (non-hydrogen) atoms. The Bertz CT molecular complexity index is 1230. The van der Waals surface area contributed by atoms with Crippen LogP contribution in [0.25, 0.3) is 10.9 Å². The molecule has 4 aliphatic rings. The Morgan fingerprint density at radius 2 is 1.97 bits per heavy atom. The molecule has 1 aromatic heterocycles. The summed E-state index contributed by atoms with van der Waals surface area (Å²) in [6.45, 7) is 7.12. The molecule has 3 saturated carbocycles. The highest BCUT2D eigenvalue weighted by Crippen LogP contribution is 2.66. The fourth-order valence-corrected chi connectivity index (χ4v) is 9.05. The standard InChI is InChI=1S/C31H41N3O2/c1-19(33-34-29(36)16-20-18-32-28-7-5-4-6-23(20)28)25-10-11-26-24-9-8-21-17-22(35)12-14-30(21,2)27(24)13-15-31(25,26)3/h4-8,18,22,24-27,32,35H,9-17H2,1-3H3,(H,34,36)/b33-19-/t22-,24-,25+,26-,27-,30-,31+/m0/s1. The molecular formula is C31H41N3O2. The van der Waals surface area contributed by atoms with Crippen molar-refractivity contribution in [3.8, 4) is 0 Å². The summed E-state index contributed by atoms with van der Waals surface area (Å²) in [6, 6.07) is 8.10. The number of nitrogens with zero attached hydrogens (tertiary/aromatic N) is 1. The van der Waals surface area contributed by atoms with E-state index in [1.165, 1.54) is 37.7 Å². The summed E-state index contributed by atoms with van der Waals surface area (Å²) >= 11 is 0. The van der Waals surface area contributed by atoms with Gasteiger partial charge in [-0.05, 0) is 98.5 Å². The molecule has 3 N–H and O–H groups in total. The maximum absolute atomic E-state index is 12.8. The number of aliphatic hydroxyl groups is 1. The monoisotopic (exact) mass is 487 g/mol.